The molecule has 3 nitrogen and oxygen atoms in total. The molecule has 18 heavy (non-hydrogen) atoms. The van der Waals surface area contributed by atoms with Gasteiger partial charge in [0, 0.05) is 12.5 Å². The summed E-state index contributed by atoms with van der Waals surface area (Å²) < 4.78 is 5.27. The molecule has 0 radical (unpaired) electrons. The highest BCUT2D eigenvalue weighted by molar-refractivity contribution is 5.60. The molecule has 1 aromatic heterocycles. The Balaban J connectivity index is 2.13. The number of carbonyl (C=O) groups is 1. The highest BCUT2D eigenvalue weighted by Crippen LogP contribution is 2.23. The Kier molecular flexibility index (Phi) is 3.92. The highest BCUT2D eigenvalue weighted by atomic mass is 16.5. The first-order valence-electron chi connectivity index (χ1n) is 6.15. The molecule has 3 heteroatoms. The van der Waals surface area contributed by atoms with E-state index in [1.807, 2.05) is 50.2 Å². The fraction of sp³-hybridized carbons (Fsp3) is 0.333. The fourth-order valence-electron chi connectivity index (χ4n) is 1.93. The van der Waals surface area contributed by atoms with Crippen molar-refractivity contribution in [2.24, 2.45) is 5.92 Å². The van der Waals surface area contributed by atoms with Crippen molar-refractivity contribution in [2.75, 3.05) is 0 Å². The van der Waals surface area contributed by atoms with Crippen molar-refractivity contribution in [3.05, 3.63) is 53.4 Å². The van der Waals surface area contributed by atoms with Gasteiger partial charge in [0.2, 0.25) is 0 Å². The van der Waals surface area contributed by atoms with Crippen LogP contribution in [0, 0.1) is 5.92 Å². The number of rotatable bonds is 5. The van der Waals surface area contributed by atoms with Crippen LogP contribution in [-0.2, 0) is 11.2 Å². The number of hydrogen-bond acceptors (Lipinski definition) is 3. The number of aldehydes is 1. The van der Waals surface area contributed by atoms with E-state index in [1.165, 1.54) is 5.56 Å². The zero-order valence-corrected chi connectivity index (χ0v) is 10.7. The maximum Gasteiger partial charge on any atom is 0.147 e. The molecule has 94 valence electrons. The van der Waals surface area contributed by atoms with Gasteiger partial charge in [0.25, 0.3) is 0 Å². The van der Waals surface area contributed by atoms with E-state index in [9.17, 15) is 4.79 Å². The molecule has 0 aliphatic rings. The summed E-state index contributed by atoms with van der Waals surface area (Å²) >= 11 is 0. The van der Waals surface area contributed by atoms with Gasteiger partial charge in [-0.05, 0) is 11.5 Å². The summed E-state index contributed by atoms with van der Waals surface area (Å²) in [6.45, 7) is 4.00. The zero-order valence-electron chi connectivity index (χ0n) is 10.7. The average molecular weight is 243 g/mol. The molecule has 0 fully saturated rings. The predicted molar refractivity (Wildman–Crippen MR) is 69.4 cm³/mol. The SMILES string of the molecule is CC(C)C(C=O)c1cc(Cc2ccccc2)no1. The Morgan fingerprint density at radius 3 is 2.61 bits per heavy atom. The molecule has 0 amide bonds. The van der Waals surface area contributed by atoms with Gasteiger partial charge in [-0.1, -0.05) is 49.3 Å². The molecule has 0 N–H and O–H groups in total. The molecule has 0 bridgehead atoms. The Bertz CT molecular complexity index is 502. The third-order valence-corrected chi connectivity index (χ3v) is 3.00. The maximum atomic E-state index is 11.0. The van der Waals surface area contributed by atoms with E-state index in [1.54, 1.807) is 0 Å². The second-order valence-electron chi connectivity index (χ2n) is 4.79. The summed E-state index contributed by atoms with van der Waals surface area (Å²) in [4.78, 5) is 11.0. The molecular weight excluding hydrogens is 226 g/mol. The molecule has 2 rings (SSSR count). The molecule has 1 aromatic carbocycles. The Morgan fingerprint density at radius 1 is 1.28 bits per heavy atom. The van der Waals surface area contributed by atoms with Crippen LogP contribution in [0.4, 0.5) is 0 Å². The first kappa shape index (κ1) is 12.6. The highest BCUT2D eigenvalue weighted by Gasteiger charge is 2.19. The Morgan fingerprint density at radius 2 is 2.00 bits per heavy atom. The van der Waals surface area contributed by atoms with E-state index in [2.05, 4.69) is 5.16 Å². The molecule has 0 saturated carbocycles. The van der Waals surface area contributed by atoms with Crippen molar-refractivity contribution in [1.82, 2.24) is 5.16 Å². The van der Waals surface area contributed by atoms with E-state index < -0.39 is 0 Å². The van der Waals surface area contributed by atoms with Crippen LogP contribution in [0.5, 0.6) is 0 Å². The van der Waals surface area contributed by atoms with Crippen LogP contribution in [-0.4, -0.2) is 11.4 Å². The monoisotopic (exact) mass is 243 g/mol. The van der Waals surface area contributed by atoms with E-state index in [4.69, 9.17) is 4.52 Å². The van der Waals surface area contributed by atoms with Crippen molar-refractivity contribution in [1.29, 1.82) is 0 Å². The fourth-order valence-corrected chi connectivity index (χ4v) is 1.93. The quantitative estimate of drug-likeness (QED) is 0.757. The number of carbonyl (C=O) groups excluding carboxylic acids is 1. The Hall–Kier alpha value is -1.90. The second-order valence-corrected chi connectivity index (χ2v) is 4.79. The standard InChI is InChI=1S/C15H17NO2/c1-11(2)14(10-17)15-9-13(16-18-15)8-12-6-4-3-5-7-12/h3-7,9-11,14H,8H2,1-2H3. The van der Waals surface area contributed by atoms with Crippen LogP contribution in [0.15, 0.2) is 40.9 Å². The Labute approximate surface area is 107 Å². The average Bonchev–Trinajstić information content (AvgIpc) is 2.79. The van der Waals surface area contributed by atoms with E-state index >= 15 is 0 Å². The topological polar surface area (TPSA) is 43.1 Å². The lowest BCUT2D eigenvalue weighted by molar-refractivity contribution is -0.110. The minimum absolute atomic E-state index is 0.206. The summed E-state index contributed by atoms with van der Waals surface area (Å²) in [6.07, 6.45) is 1.66. The third-order valence-electron chi connectivity index (χ3n) is 3.00. The van der Waals surface area contributed by atoms with Crippen LogP contribution in [0.25, 0.3) is 0 Å². The summed E-state index contributed by atoms with van der Waals surface area (Å²) in [7, 11) is 0. The molecule has 1 unspecified atom stereocenters. The van der Waals surface area contributed by atoms with Crippen molar-refractivity contribution in [3.63, 3.8) is 0 Å². The minimum atomic E-state index is -0.206. The zero-order chi connectivity index (χ0) is 13.0. The normalized spacial score (nSPS) is 12.6. The molecule has 1 atom stereocenters. The number of hydrogen-bond donors (Lipinski definition) is 0. The number of benzene rings is 1. The lowest BCUT2D eigenvalue weighted by Gasteiger charge is -2.08. The van der Waals surface area contributed by atoms with Crippen LogP contribution in [0.1, 0.15) is 36.8 Å². The summed E-state index contributed by atoms with van der Waals surface area (Å²) in [5, 5.41) is 4.03. The van der Waals surface area contributed by atoms with Gasteiger partial charge in [-0.2, -0.15) is 0 Å². The van der Waals surface area contributed by atoms with Crippen LogP contribution < -0.4 is 0 Å². The largest absolute Gasteiger partial charge is 0.360 e. The van der Waals surface area contributed by atoms with Crippen LogP contribution in [0.3, 0.4) is 0 Å². The molecule has 2 aromatic rings. The van der Waals surface area contributed by atoms with Gasteiger partial charge >= 0.3 is 0 Å². The molecular formula is C15H17NO2. The first-order valence-corrected chi connectivity index (χ1v) is 6.15. The van der Waals surface area contributed by atoms with Gasteiger partial charge in [0.15, 0.2) is 0 Å². The number of aromatic nitrogens is 1. The summed E-state index contributed by atoms with van der Waals surface area (Å²) in [5.41, 5.74) is 2.05. The van der Waals surface area contributed by atoms with Crippen molar-refractivity contribution < 1.29 is 9.32 Å². The van der Waals surface area contributed by atoms with Crippen molar-refractivity contribution >= 4 is 6.29 Å². The first-order chi connectivity index (χ1) is 8.70. The van der Waals surface area contributed by atoms with Gasteiger partial charge in [0.1, 0.15) is 12.0 Å². The van der Waals surface area contributed by atoms with Gasteiger partial charge < -0.3 is 9.32 Å². The predicted octanol–water partition coefficient (Wildman–Crippen LogP) is 3.20. The van der Waals surface area contributed by atoms with Crippen molar-refractivity contribution in [3.8, 4) is 0 Å². The van der Waals surface area contributed by atoms with E-state index in [0.29, 0.717) is 5.76 Å². The lowest BCUT2D eigenvalue weighted by atomic mass is 9.94. The number of nitrogens with zero attached hydrogens (tertiary/aromatic N) is 1. The van der Waals surface area contributed by atoms with E-state index in [-0.39, 0.29) is 11.8 Å². The third kappa shape index (κ3) is 2.86. The van der Waals surface area contributed by atoms with Crippen LogP contribution in [0.2, 0.25) is 0 Å². The lowest BCUT2D eigenvalue weighted by Crippen LogP contribution is -2.06. The maximum absolute atomic E-state index is 11.0. The molecule has 0 saturated heterocycles. The molecule has 1 heterocycles. The van der Waals surface area contributed by atoms with Gasteiger partial charge in [-0.15, -0.1) is 0 Å². The molecule has 0 aliphatic carbocycles. The second kappa shape index (κ2) is 5.63. The summed E-state index contributed by atoms with van der Waals surface area (Å²) in [5.74, 6) is 0.674. The smallest absolute Gasteiger partial charge is 0.147 e. The molecule has 0 spiro atoms. The van der Waals surface area contributed by atoms with Crippen LogP contribution >= 0.6 is 0 Å². The van der Waals surface area contributed by atoms with Gasteiger partial charge in [-0.25, -0.2) is 0 Å². The van der Waals surface area contributed by atoms with Gasteiger partial charge in [0.05, 0.1) is 11.6 Å². The van der Waals surface area contributed by atoms with Gasteiger partial charge in [-0.3, -0.25) is 0 Å². The molecule has 0 aliphatic heterocycles. The minimum Gasteiger partial charge on any atom is -0.360 e. The van der Waals surface area contributed by atoms with E-state index in [0.717, 1.165) is 18.4 Å². The summed E-state index contributed by atoms with van der Waals surface area (Å²) in [6, 6.07) is 12.0. The van der Waals surface area contributed by atoms with Crippen molar-refractivity contribution in [2.45, 2.75) is 26.2 Å².